The number of rotatable bonds is 4. The highest BCUT2D eigenvalue weighted by molar-refractivity contribution is 5.57. The van der Waals surface area contributed by atoms with E-state index in [1.807, 2.05) is 0 Å². The van der Waals surface area contributed by atoms with Gasteiger partial charge in [0.25, 0.3) is 0 Å². The minimum absolute atomic E-state index is 0.253. The van der Waals surface area contributed by atoms with Crippen molar-refractivity contribution >= 4 is 11.4 Å². The van der Waals surface area contributed by atoms with Crippen molar-refractivity contribution in [1.82, 2.24) is 0 Å². The van der Waals surface area contributed by atoms with Crippen LogP contribution in [-0.2, 0) is 16.6 Å². The zero-order chi connectivity index (χ0) is 24.2. The maximum Gasteiger partial charge on any atom is 0.421 e. The van der Waals surface area contributed by atoms with E-state index < -0.39 is 40.1 Å². The van der Waals surface area contributed by atoms with Crippen molar-refractivity contribution in [2.75, 3.05) is 11.5 Å². The Kier molecular flexibility index (Phi) is 5.84. The Balaban J connectivity index is 2.67. The highest BCUT2D eigenvalue weighted by atomic mass is 19.4. The summed E-state index contributed by atoms with van der Waals surface area (Å²) in [4.78, 5) is 0. The largest absolute Gasteiger partial charge is 0.421 e. The second kappa shape index (κ2) is 7.30. The maximum absolute atomic E-state index is 13.3. The summed E-state index contributed by atoms with van der Waals surface area (Å²) in [5.74, 6) is 0. The average Bonchev–Trinajstić information content (AvgIpc) is 2.59. The van der Waals surface area contributed by atoms with E-state index in [1.54, 1.807) is 13.8 Å². The van der Waals surface area contributed by atoms with Gasteiger partial charge in [-0.25, -0.2) is 0 Å². The molecular formula is C21H24F6N2O2. The van der Waals surface area contributed by atoms with Crippen LogP contribution in [0, 0.1) is 0 Å². The lowest BCUT2D eigenvalue weighted by Crippen LogP contribution is -2.40. The summed E-state index contributed by atoms with van der Waals surface area (Å²) in [5.41, 5.74) is 2.49. The van der Waals surface area contributed by atoms with Gasteiger partial charge in [-0.3, -0.25) is 0 Å². The quantitative estimate of drug-likeness (QED) is 0.401. The van der Waals surface area contributed by atoms with Crippen molar-refractivity contribution in [2.24, 2.45) is 0 Å². The highest BCUT2D eigenvalue weighted by Crippen LogP contribution is 2.45. The number of benzene rings is 2. The standard InChI is InChI=1S/C21H24F6N2O2/c1-17(2,11-5-7-15(28)13(9-11)18(3,30)20(22,23)24)12-6-8-16(29)14(10-12)19(4,31)21(25,26)27/h5-10,30-31H,28-29H2,1-4H3. The molecule has 0 radical (unpaired) electrons. The fraction of sp³-hybridized carbons (Fsp3) is 0.429. The summed E-state index contributed by atoms with van der Waals surface area (Å²) in [6.45, 7) is 4.28. The molecule has 31 heavy (non-hydrogen) atoms. The summed E-state index contributed by atoms with van der Waals surface area (Å²) in [7, 11) is 0. The van der Waals surface area contributed by atoms with Crippen LogP contribution in [0.5, 0.6) is 0 Å². The molecule has 0 heterocycles. The lowest BCUT2D eigenvalue weighted by Gasteiger charge is -2.33. The van der Waals surface area contributed by atoms with Crippen molar-refractivity contribution in [3.8, 4) is 0 Å². The lowest BCUT2D eigenvalue weighted by molar-refractivity contribution is -0.258. The number of hydrogen-bond acceptors (Lipinski definition) is 4. The van der Waals surface area contributed by atoms with Crippen molar-refractivity contribution in [1.29, 1.82) is 0 Å². The minimum Gasteiger partial charge on any atom is -0.398 e. The van der Waals surface area contributed by atoms with Gasteiger partial charge >= 0.3 is 12.4 Å². The normalized spacial score (nSPS) is 17.2. The van der Waals surface area contributed by atoms with E-state index in [1.165, 1.54) is 24.3 Å². The zero-order valence-corrected chi connectivity index (χ0v) is 17.3. The van der Waals surface area contributed by atoms with Gasteiger partial charge < -0.3 is 21.7 Å². The number of nitrogens with two attached hydrogens (primary N) is 2. The molecule has 2 aromatic carbocycles. The molecule has 4 nitrogen and oxygen atoms in total. The van der Waals surface area contributed by atoms with Gasteiger partial charge in [-0.1, -0.05) is 26.0 Å². The molecule has 0 aromatic heterocycles. The van der Waals surface area contributed by atoms with Crippen molar-refractivity contribution in [3.63, 3.8) is 0 Å². The third kappa shape index (κ3) is 4.18. The van der Waals surface area contributed by atoms with Crippen LogP contribution in [0.2, 0.25) is 0 Å². The Labute approximate surface area is 175 Å². The molecule has 0 saturated heterocycles. The van der Waals surface area contributed by atoms with Crippen LogP contribution in [0.3, 0.4) is 0 Å². The molecule has 6 N–H and O–H groups in total. The molecule has 0 aliphatic carbocycles. The first-order valence-corrected chi connectivity index (χ1v) is 9.13. The molecule has 0 saturated carbocycles. The summed E-state index contributed by atoms with van der Waals surface area (Å²) in [6.07, 6.45) is -10.0. The molecule has 2 aromatic rings. The smallest absolute Gasteiger partial charge is 0.398 e. The monoisotopic (exact) mass is 450 g/mol. The number of nitrogen functional groups attached to an aromatic ring is 2. The fourth-order valence-electron chi connectivity index (χ4n) is 3.21. The SMILES string of the molecule is CC(C)(c1ccc(N)c(C(C)(O)C(F)(F)F)c1)c1ccc(N)c(C(C)(O)C(F)(F)F)c1. The molecule has 0 aliphatic heterocycles. The Morgan fingerprint density at radius 2 is 0.903 bits per heavy atom. The summed E-state index contributed by atoms with van der Waals surface area (Å²) in [5, 5.41) is 20.1. The minimum atomic E-state index is -5.01. The van der Waals surface area contributed by atoms with E-state index in [4.69, 9.17) is 11.5 Å². The molecule has 0 spiro atoms. The van der Waals surface area contributed by atoms with Gasteiger partial charge in [0.2, 0.25) is 0 Å². The van der Waals surface area contributed by atoms with Gasteiger partial charge in [0.15, 0.2) is 11.2 Å². The molecular weight excluding hydrogens is 426 g/mol. The van der Waals surface area contributed by atoms with E-state index in [-0.39, 0.29) is 22.5 Å². The van der Waals surface area contributed by atoms with Crippen LogP contribution in [-0.4, -0.2) is 22.6 Å². The topological polar surface area (TPSA) is 92.5 Å². The molecule has 0 fully saturated rings. The molecule has 0 bridgehead atoms. The van der Waals surface area contributed by atoms with Gasteiger partial charge in [-0.05, 0) is 49.2 Å². The third-order valence-electron chi connectivity index (χ3n) is 5.70. The van der Waals surface area contributed by atoms with Gasteiger partial charge in [0.05, 0.1) is 0 Å². The highest BCUT2D eigenvalue weighted by Gasteiger charge is 2.53. The molecule has 0 amide bonds. The van der Waals surface area contributed by atoms with E-state index in [0.29, 0.717) is 13.8 Å². The Bertz CT molecular complexity index is 901. The summed E-state index contributed by atoms with van der Waals surface area (Å²) >= 11 is 0. The summed E-state index contributed by atoms with van der Waals surface area (Å²) in [6, 6.07) is 7.36. The van der Waals surface area contributed by atoms with E-state index in [0.717, 1.165) is 12.1 Å². The average molecular weight is 450 g/mol. The Morgan fingerprint density at radius 3 is 1.16 bits per heavy atom. The number of halogens is 6. The van der Waals surface area contributed by atoms with Gasteiger partial charge in [0, 0.05) is 27.9 Å². The predicted molar refractivity (Wildman–Crippen MR) is 105 cm³/mol. The van der Waals surface area contributed by atoms with E-state index in [9.17, 15) is 36.6 Å². The van der Waals surface area contributed by atoms with E-state index >= 15 is 0 Å². The second-order valence-corrected chi connectivity index (χ2v) is 8.37. The molecule has 0 aliphatic rings. The first-order valence-electron chi connectivity index (χ1n) is 9.13. The van der Waals surface area contributed by atoms with Crippen LogP contribution >= 0.6 is 0 Å². The van der Waals surface area contributed by atoms with Gasteiger partial charge in [0.1, 0.15) is 0 Å². The van der Waals surface area contributed by atoms with Crippen LogP contribution in [0.15, 0.2) is 36.4 Å². The Morgan fingerprint density at radius 1 is 0.613 bits per heavy atom. The number of hydrogen-bond donors (Lipinski definition) is 4. The number of aliphatic hydroxyl groups is 2. The fourth-order valence-corrected chi connectivity index (χ4v) is 3.21. The lowest BCUT2D eigenvalue weighted by atomic mass is 9.75. The van der Waals surface area contributed by atoms with Crippen LogP contribution < -0.4 is 11.5 Å². The van der Waals surface area contributed by atoms with E-state index in [2.05, 4.69) is 0 Å². The number of alkyl halides is 6. The molecule has 10 heteroatoms. The van der Waals surface area contributed by atoms with Crippen molar-refractivity contribution in [3.05, 3.63) is 58.7 Å². The molecule has 2 rings (SSSR count). The van der Waals surface area contributed by atoms with Crippen LogP contribution in [0.4, 0.5) is 37.7 Å². The second-order valence-electron chi connectivity index (χ2n) is 8.37. The zero-order valence-electron chi connectivity index (χ0n) is 17.3. The predicted octanol–water partition coefficient (Wildman–Crippen LogP) is 4.72. The van der Waals surface area contributed by atoms with Crippen molar-refractivity contribution < 1.29 is 36.6 Å². The van der Waals surface area contributed by atoms with Crippen LogP contribution in [0.1, 0.15) is 49.9 Å². The third-order valence-corrected chi connectivity index (χ3v) is 5.70. The van der Waals surface area contributed by atoms with Crippen LogP contribution in [0.25, 0.3) is 0 Å². The number of anilines is 2. The first-order chi connectivity index (χ1) is 13.7. The maximum atomic E-state index is 13.3. The summed E-state index contributed by atoms with van der Waals surface area (Å²) < 4.78 is 80.0. The molecule has 2 unspecified atom stereocenters. The molecule has 2 atom stereocenters. The van der Waals surface area contributed by atoms with Gasteiger partial charge in [-0.15, -0.1) is 0 Å². The molecule has 172 valence electrons. The first kappa shape index (κ1) is 24.8. The van der Waals surface area contributed by atoms with Gasteiger partial charge in [-0.2, -0.15) is 26.3 Å². The van der Waals surface area contributed by atoms with Crippen molar-refractivity contribution in [2.45, 2.75) is 56.7 Å². The Hall–Kier alpha value is -2.46.